The third kappa shape index (κ3) is 11.1. The molecule has 0 aromatic heterocycles. The fourth-order valence-corrected chi connectivity index (χ4v) is 2.56. The molecule has 1 aliphatic heterocycles. The van der Waals surface area contributed by atoms with Gasteiger partial charge in [0.15, 0.2) is 5.96 Å². The Balaban J connectivity index is 0.00000625. The van der Waals surface area contributed by atoms with Gasteiger partial charge in [-0.1, -0.05) is 0 Å². The van der Waals surface area contributed by atoms with Gasteiger partial charge in [-0.3, -0.25) is 9.89 Å². The molecule has 2 N–H and O–H groups in total. The number of piperazine rings is 1. The zero-order valence-corrected chi connectivity index (χ0v) is 19.6. The summed E-state index contributed by atoms with van der Waals surface area (Å²) in [5, 5.41) is 6.58. The van der Waals surface area contributed by atoms with Gasteiger partial charge in [-0.2, -0.15) is 0 Å². The summed E-state index contributed by atoms with van der Waals surface area (Å²) in [6.45, 7) is 17.9. The van der Waals surface area contributed by atoms with Crippen LogP contribution in [0.3, 0.4) is 0 Å². The number of rotatable bonds is 6. The summed E-state index contributed by atoms with van der Waals surface area (Å²) in [6.07, 6.45) is 0.813. The standard InChI is InChI=1S/C18H37N5O2.HI/c1-7-19-16(21-15(2)3)20-9-8-10-22-11-13-23(14-12-22)17(24)25-18(4,5)6;/h15H,7-14H2,1-6H3,(H2,19,20,21);1H. The molecule has 1 heterocycles. The van der Waals surface area contributed by atoms with Crippen LogP contribution < -0.4 is 10.6 Å². The highest BCUT2D eigenvalue weighted by molar-refractivity contribution is 14.0. The van der Waals surface area contributed by atoms with Gasteiger partial charge in [-0.05, 0) is 48.0 Å². The van der Waals surface area contributed by atoms with E-state index >= 15 is 0 Å². The maximum Gasteiger partial charge on any atom is 0.410 e. The van der Waals surface area contributed by atoms with Crippen molar-refractivity contribution in [3.8, 4) is 0 Å². The summed E-state index contributed by atoms with van der Waals surface area (Å²) in [6, 6.07) is 0.374. The Labute approximate surface area is 176 Å². The molecule has 0 aliphatic carbocycles. The molecule has 0 radical (unpaired) electrons. The normalized spacial score (nSPS) is 16.3. The predicted molar refractivity (Wildman–Crippen MR) is 119 cm³/mol. The topological polar surface area (TPSA) is 69.2 Å². The second-order valence-electron chi connectivity index (χ2n) is 7.72. The van der Waals surface area contributed by atoms with Gasteiger partial charge in [-0.15, -0.1) is 24.0 Å². The number of carbonyl (C=O) groups excluding carboxylic acids is 1. The van der Waals surface area contributed by atoms with E-state index in [4.69, 9.17) is 4.74 Å². The van der Waals surface area contributed by atoms with E-state index in [9.17, 15) is 4.79 Å². The van der Waals surface area contributed by atoms with Gasteiger partial charge in [0, 0.05) is 51.9 Å². The van der Waals surface area contributed by atoms with Crippen LogP contribution in [0.25, 0.3) is 0 Å². The monoisotopic (exact) mass is 483 g/mol. The quantitative estimate of drug-likeness (QED) is 0.263. The molecule has 1 fully saturated rings. The first kappa shape index (κ1) is 25.2. The number of nitrogens with one attached hydrogen (secondary N) is 2. The molecule has 1 amide bonds. The largest absolute Gasteiger partial charge is 0.444 e. The van der Waals surface area contributed by atoms with Crippen LogP contribution >= 0.6 is 24.0 Å². The molecule has 0 aromatic rings. The first-order valence-corrected chi connectivity index (χ1v) is 9.46. The third-order valence-electron chi connectivity index (χ3n) is 3.70. The fourth-order valence-electron chi connectivity index (χ4n) is 2.56. The summed E-state index contributed by atoms with van der Waals surface area (Å²) in [7, 11) is 0. The minimum absolute atomic E-state index is 0. The van der Waals surface area contributed by atoms with E-state index in [-0.39, 0.29) is 30.1 Å². The zero-order chi connectivity index (χ0) is 18.9. The molecule has 7 nitrogen and oxygen atoms in total. The summed E-state index contributed by atoms with van der Waals surface area (Å²) in [5.41, 5.74) is -0.430. The van der Waals surface area contributed by atoms with Crippen LogP contribution in [0.2, 0.25) is 0 Å². The van der Waals surface area contributed by atoms with Gasteiger partial charge in [0.05, 0.1) is 0 Å². The Bertz CT molecular complexity index is 430. The first-order valence-electron chi connectivity index (χ1n) is 9.46. The maximum absolute atomic E-state index is 12.1. The van der Waals surface area contributed by atoms with Gasteiger partial charge in [-0.25, -0.2) is 4.79 Å². The van der Waals surface area contributed by atoms with E-state index in [1.165, 1.54) is 0 Å². The average molecular weight is 483 g/mol. The van der Waals surface area contributed by atoms with E-state index < -0.39 is 5.60 Å². The molecule has 0 spiro atoms. The highest BCUT2D eigenvalue weighted by Crippen LogP contribution is 2.11. The lowest BCUT2D eigenvalue weighted by molar-refractivity contribution is 0.0145. The van der Waals surface area contributed by atoms with Crippen LogP contribution in [0.15, 0.2) is 4.99 Å². The van der Waals surface area contributed by atoms with Crippen molar-refractivity contribution in [2.24, 2.45) is 4.99 Å². The third-order valence-corrected chi connectivity index (χ3v) is 3.70. The second kappa shape index (κ2) is 12.6. The van der Waals surface area contributed by atoms with Gasteiger partial charge >= 0.3 is 6.09 Å². The van der Waals surface area contributed by atoms with Crippen LogP contribution in [0.1, 0.15) is 48.0 Å². The molecule has 0 bridgehead atoms. The Hall–Kier alpha value is -0.770. The molecule has 8 heteroatoms. The van der Waals surface area contributed by atoms with Crippen molar-refractivity contribution in [2.45, 2.75) is 59.6 Å². The Morgan fingerprint density at radius 2 is 1.81 bits per heavy atom. The van der Waals surface area contributed by atoms with Crippen LogP contribution in [0.4, 0.5) is 4.79 Å². The van der Waals surface area contributed by atoms with Crippen molar-refractivity contribution in [2.75, 3.05) is 45.8 Å². The van der Waals surface area contributed by atoms with Crippen molar-refractivity contribution in [1.82, 2.24) is 20.4 Å². The molecule has 1 rings (SSSR count). The maximum atomic E-state index is 12.1. The number of amides is 1. The van der Waals surface area contributed by atoms with Crippen LogP contribution in [0, 0.1) is 0 Å². The highest BCUT2D eigenvalue weighted by atomic mass is 127. The number of carbonyl (C=O) groups is 1. The summed E-state index contributed by atoms with van der Waals surface area (Å²) < 4.78 is 5.43. The number of hydrogen-bond acceptors (Lipinski definition) is 4. The number of aliphatic imine (C=N–C) groups is 1. The highest BCUT2D eigenvalue weighted by Gasteiger charge is 2.25. The molecule has 0 atom stereocenters. The zero-order valence-electron chi connectivity index (χ0n) is 17.3. The van der Waals surface area contributed by atoms with E-state index in [0.29, 0.717) is 6.04 Å². The number of nitrogens with zero attached hydrogens (tertiary/aromatic N) is 3. The van der Waals surface area contributed by atoms with Gasteiger partial charge in [0.1, 0.15) is 5.60 Å². The fraction of sp³-hybridized carbons (Fsp3) is 0.889. The van der Waals surface area contributed by atoms with Crippen molar-refractivity contribution in [3.05, 3.63) is 0 Å². The summed E-state index contributed by atoms with van der Waals surface area (Å²) in [5.74, 6) is 0.882. The first-order chi connectivity index (χ1) is 11.7. The second-order valence-corrected chi connectivity index (χ2v) is 7.72. The lowest BCUT2D eigenvalue weighted by Gasteiger charge is -2.35. The van der Waals surface area contributed by atoms with E-state index in [2.05, 4.69) is 41.3 Å². The average Bonchev–Trinajstić information content (AvgIpc) is 2.50. The molecule has 0 unspecified atom stereocenters. The minimum atomic E-state index is -0.430. The van der Waals surface area contributed by atoms with Crippen molar-refractivity contribution in [3.63, 3.8) is 0 Å². The summed E-state index contributed by atoms with van der Waals surface area (Å²) in [4.78, 5) is 20.9. The van der Waals surface area contributed by atoms with Crippen LogP contribution in [-0.2, 0) is 4.74 Å². The molecule has 0 saturated carbocycles. The lowest BCUT2D eigenvalue weighted by atomic mass is 10.2. The number of hydrogen-bond donors (Lipinski definition) is 2. The molecule has 0 aromatic carbocycles. The van der Waals surface area contributed by atoms with E-state index in [0.717, 1.165) is 58.2 Å². The molecule has 154 valence electrons. The molecule has 26 heavy (non-hydrogen) atoms. The summed E-state index contributed by atoms with van der Waals surface area (Å²) >= 11 is 0. The lowest BCUT2D eigenvalue weighted by Crippen LogP contribution is -2.50. The SMILES string of the molecule is CCNC(=NCCCN1CCN(C(=O)OC(C)(C)C)CC1)NC(C)C.I. The van der Waals surface area contributed by atoms with Gasteiger partial charge < -0.3 is 20.3 Å². The Morgan fingerprint density at radius 1 is 1.19 bits per heavy atom. The number of ether oxygens (including phenoxy) is 1. The predicted octanol–water partition coefficient (Wildman–Crippen LogP) is 2.51. The van der Waals surface area contributed by atoms with Gasteiger partial charge in [0.25, 0.3) is 0 Å². The molecule has 1 saturated heterocycles. The van der Waals surface area contributed by atoms with E-state index in [1.807, 2.05) is 20.8 Å². The van der Waals surface area contributed by atoms with Gasteiger partial charge in [0.2, 0.25) is 0 Å². The van der Waals surface area contributed by atoms with Crippen molar-refractivity contribution < 1.29 is 9.53 Å². The van der Waals surface area contributed by atoms with E-state index in [1.54, 1.807) is 4.90 Å². The van der Waals surface area contributed by atoms with Crippen LogP contribution in [0.5, 0.6) is 0 Å². The van der Waals surface area contributed by atoms with Crippen molar-refractivity contribution >= 4 is 36.0 Å². The Morgan fingerprint density at radius 3 is 2.31 bits per heavy atom. The number of halogens is 1. The molecular weight excluding hydrogens is 445 g/mol. The smallest absolute Gasteiger partial charge is 0.410 e. The van der Waals surface area contributed by atoms with Crippen LogP contribution in [-0.4, -0.2) is 79.3 Å². The molecular formula is C18H38IN5O2. The number of guanidine groups is 1. The minimum Gasteiger partial charge on any atom is -0.444 e. The molecule has 1 aliphatic rings. The van der Waals surface area contributed by atoms with Crippen molar-refractivity contribution in [1.29, 1.82) is 0 Å². The Kier molecular flexibility index (Phi) is 12.2.